The molecule has 2 heteroatoms. The van der Waals surface area contributed by atoms with Gasteiger partial charge in [-0.05, 0) is 62.5 Å². The lowest BCUT2D eigenvalue weighted by atomic mass is 10.1. The van der Waals surface area contributed by atoms with E-state index in [4.69, 9.17) is 0 Å². The highest BCUT2D eigenvalue weighted by atomic mass is 14.9. The molecule has 2 nitrogen and oxygen atoms in total. The summed E-state index contributed by atoms with van der Waals surface area (Å²) in [5.74, 6) is 0.797. The molecule has 2 N–H and O–H groups in total. The molecule has 1 heterocycles. The average molecular weight is 204 g/mol. The zero-order valence-electron chi connectivity index (χ0n) is 9.64. The second-order valence-corrected chi connectivity index (χ2v) is 4.62. The van der Waals surface area contributed by atoms with E-state index >= 15 is 0 Å². The van der Waals surface area contributed by atoms with Crippen LogP contribution >= 0.6 is 0 Å². The van der Waals surface area contributed by atoms with Crippen LogP contribution in [0.25, 0.3) is 0 Å². The Morgan fingerprint density at radius 2 is 2.00 bits per heavy atom. The molecule has 2 rings (SSSR count). The van der Waals surface area contributed by atoms with Crippen LogP contribution in [0.4, 0.5) is 5.69 Å². The minimum atomic E-state index is 0.797. The number of rotatable bonds is 3. The average Bonchev–Trinajstić information content (AvgIpc) is 2.65. The number of benzene rings is 1. The van der Waals surface area contributed by atoms with Crippen molar-refractivity contribution in [2.45, 2.75) is 20.3 Å². The van der Waals surface area contributed by atoms with E-state index < -0.39 is 0 Å². The van der Waals surface area contributed by atoms with Crippen molar-refractivity contribution in [3.8, 4) is 0 Å². The van der Waals surface area contributed by atoms with Gasteiger partial charge in [0, 0.05) is 12.2 Å². The molecule has 1 aromatic carbocycles. The van der Waals surface area contributed by atoms with Gasteiger partial charge in [0.1, 0.15) is 0 Å². The Bertz CT molecular complexity index is 307. The van der Waals surface area contributed by atoms with Gasteiger partial charge >= 0.3 is 0 Å². The summed E-state index contributed by atoms with van der Waals surface area (Å²) in [6.07, 6.45) is 1.30. The van der Waals surface area contributed by atoms with Gasteiger partial charge in [-0.25, -0.2) is 0 Å². The van der Waals surface area contributed by atoms with Gasteiger partial charge in [0.15, 0.2) is 0 Å². The predicted molar refractivity (Wildman–Crippen MR) is 65.4 cm³/mol. The quantitative estimate of drug-likeness (QED) is 0.789. The highest BCUT2D eigenvalue weighted by molar-refractivity contribution is 5.48. The molecule has 0 bridgehead atoms. The Kier molecular flexibility index (Phi) is 3.27. The standard InChI is InChI=1S/C13H20N2/c1-10-5-11(2)7-13(6-10)15-9-12-3-4-14-8-12/h5-7,12,14-15H,3-4,8-9H2,1-2H3. The molecule has 1 saturated heterocycles. The number of anilines is 1. The van der Waals surface area contributed by atoms with Gasteiger partial charge < -0.3 is 10.6 Å². The molecule has 0 saturated carbocycles. The van der Waals surface area contributed by atoms with E-state index in [1.807, 2.05) is 0 Å². The molecule has 1 fully saturated rings. The van der Waals surface area contributed by atoms with Crippen LogP contribution in [0.3, 0.4) is 0 Å². The van der Waals surface area contributed by atoms with Crippen molar-refractivity contribution in [3.05, 3.63) is 29.3 Å². The SMILES string of the molecule is Cc1cc(C)cc(NCC2CCNC2)c1. The van der Waals surface area contributed by atoms with Crippen LogP contribution in [-0.2, 0) is 0 Å². The number of hydrogen-bond acceptors (Lipinski definition) is 2. The molecule has 0 aliphatic carbocycles. The van der Waals surface area contributed by atoms with Gasteiger partial charge in [0.05, 0.1) is 0 Å². The van der Waals surface area contributed by atoms with E-state index in [1.54, 1.807) is 0 Å². The Hall–Kier alpha value is -1.02. The first-order valence-electron chi connectivity index (χ1n) is 5.77. The van der Waals surface area contributed by atoms with Crippen LogP contribution in [0.5, 0.6) is 0 Å². The summed E-state index contributed by atoms with van der Waals surface area (Å²) in [4.78, 5) is 0. The lowest BCUT2D eigenvalue weighted by Gasteiger charge is -2.12. The van der Waals surface area contributed by atoms with Gasteiger partial charge in [-0.2, -0.15) is 0 Å². The second kappa shape index (κ2) is 4.67. The topological polar surface area (TPSA) is 24.1 Å². The van der Waals surface area contributed by atoms with E-state index in [0.29, 0.717) is 0 Å². The van der Waals surface area contributed by atoms with Crippen LogP contribution in [0, 0.1) is 19.8 Å². The lowest BCUT2D eigenvalue weighted by molar-refractivity contribution is 0.615. The smallest absolute Gasteiger partial charge is 0.0345 e. The van der Waals surface area contributed by atoms with E-state index in [1.165, 1.54) is 29.8 Å². The molecule has 0 spiro atoms. The van der Waals surface area contributed by atoms with Crippen LogP contribution in [0.1, 0.15) is 17.5 Å². The highest BCUT2D eigenvalue weighted by Gasteiger charge is 2.13. The van der Waals surface area contributed by atoms with Gasteiger partial charge in [0.25, 0.3) is 0 Å². The van der Waals surface area contributed by atoms with E-state index in [-0.39, 0.29) is 0 Å². The molecular formula is C13H20N2. The van der Waals surface area contributed by atoms with Crippen molar-refractivity contribution in [1.29, 1.82) is 0 Å². The number of nitrogens with one attached hydrogen (secondary N) is 2. The lowest BCUT2D eigenvalue weighted by Crippen LogP contribution is -2.17. The molecule has 1 atom stereocenters. The van der Waals surface area contributed by atoms with Crippen molar-refractivity contribution in [2.24, 2.45) is 5.92 Å². The van der Waals surface area contributed by atoms with Crippen molar-refractivity contribution >= 4 is 5.69 Å². The molecule has 0 aromatic heterocycles. The zero-order chi connectivity index (χ0) is 10.7. The van der Waals surface area contributed by atoms with E-state index in [0.717, 1.165) is 19.0 Å². The van der Waals surface area contributed by atoms with Crippen molar-refractivity contribution < 1.29 is 0 Å². The minimum absolute atomic E-state index is 0.797. The summed E-state index contributed by atoms with van der Waals surface area (Å²) >= 11 is 0. The van der Waals surface area contributed by atoms with Crippen LogP contribution in [0.15, 0.2) is 18.2 Å². The monoisotopic (exact) mass is 204 g/mol. The van der Waals surface area contributed by atoms with Crippen LogP contribution in [-0.4, -0.2) is 19.6 Å². The fourth-order valence-corrected chi connectivity index (χ4v) is 2.23. The first kappa shape index (κ1) is 10.5. The number of aryl methyl sites for hydroxylation is 2. The van der Waals surface area contributed by atoms with Crippen molar-refractivity contribution in [2.75, 3.05) is 25.0 Å². The van der Waals surface area contributed by atoms with Gasteiger partial charge in [-0.1, -0.05) is 6.07 Å². The largest absolute Gasteiger partial charge is 0.385 e. The van der Waals surface area contributed by atoms with Crippen molar-refractivity contribution in [1.82, 2.24) is 5.32 Å². The summed E-state index contributed by atoms with van der Waals surface area (Å²) in [5.41, 5.74) is 3.93. The zero-order valence-corrected chi connectivity index (χ0v) is 9.64. The predicted octanol–water partition coefficient (Wildman–Crippen LogP) is 2.32. The van der Waals surface area contributed by atoms with Gasteiger partial charge in [-0.3, -0.25) is 0 Å². The van der Waals surface area contributed by atoms with E-state index in [2.05, 4.69) is 42.7 Å². The molecule has 1 aliphatic heterocycles. The molecule has 15 heavy (non-hydrogen) atoms. The van der Waals surface area contributed by atoms with E-state index in [9.17, 15) is 0 Å². The summed E-state index contributed by atoms with van der Waals surface area (Å²) in [6, 6.07) is 6.65. The Labute approximate surface area is 92.1 Å². The third kappa shape index (κ3) is 2.96. The Balaban J connectivity index is 1.92. The first-order chi connectivity index (χ1) is 7.24. The Morgan fingerprint density at radius 1 is 1.27 bits per heavy atom. The fourth-order valence-electron chi connectivity index (χ4n) is 2.23. The maximum Gasteiger partial charge on any atom is 0.0345 e. The fraction of sp³-hybridized carbons (Fsp3) is 0.538. The first-order valence-corrected chi connectivity index (χ1v) is 5.77. The molecule has 1 unspecified atom stereocenters. The molecule has 82 valence electrons. The van der Waals surface area contributed by atoms with Crippen LogP contribution in [0.2, 0.25) is 0 Å². The molecule has 0 radical (unpaired) electrons. The minimum Gasteiger partial charge on any atom is -0.385 e. The molecule has 1 aromatic rings. The molecular weight excluding hydrogens is 184 g/mol. The van der Waals surface area contributed by atoms with Gasteiger partial charge in [-0.15, -0.1) is 0 Å². The van der Waals surface area contributed by atoms with Crippen molar-refractivity contribution in [3.63, 3.8) is 0 Å². The summed E-state index contributed by atoms with van der Waals surface area (Å²) < 4.78 is 0. The second-order valence-electron chi connectivity index (χ2n) is 4.62. The summed E-state index contributed by atoms with van der Waals surface area (Å²) in [7, 11) is 0. The molecule has 0 amide bonds. The number of hydrogen-bond donors (Lipinski definition) is 2. The summed E-state index contributed by atoms with van der Waals surface area (Å²) in [6.45, 7) is 7.73. The highest BCUT2D eigenvalue weighted by Crippen LogP contribution is 2.15. The maximum atomic E-state index is 3.53. The van der Waals surface area contributed by atoms with Crippen LogP contribution < -0.4 is 10.6 Å². The maximum absolute atomic E-state index is 3.53. The van der Waals surface area contributed by atoms with Gasteiger partial charge in [0.2, 0.25) is 0 Å². The third-order valence-electron chi connectivity index (χ3n) is 2.98. The molecule has 1 aliphatic rings. The summed E-state index contributed by atoms with van der Waals surface area (Å²) in [5, 5.41) is 6.92. The third-order valence-corrected chi connectivity index (χ3v) is 2.98. The normalized spacial score (nSPS) is 20.5. The Morgan fingerprint density at radius 3 is 2.60 bits per heavy atom.